The minimum atomic E-state index is 0.135. The SMILES string of the molecule is CC(C)(C)c1ccc[c]c1-c1ccncc1. The predicted molar refractivity (Wildman–Crippen MR) is 67.2 cm³/mol. The first kappa shape index (κ1) is 10.9. The van der Waals surface area contributed by atoms with Gasteiger partial charge in [0.1, 0.15) is 0 Å². The molecular formula is C15H16N. The molecule has 1 radical (unpaired) electrons. The Morgan fingerprint density at radius 2 is 1.75 bits per heavy atom. The maximum atomic E-state index is 4.05. The predicted octanol–water partition coefficient (Wildman–Crippen LogP) is 3.85. The lowest BCUT2D eigenvalue weighted by atomic mass is 9.82. The number of rotatable bonds is 1. The van der Waals surface area contributed by atoms with E-state index in [2.05, 4.69) is 37.9 Å². The van der Waals surface area contributed by atoms with Gasteiger partial charge in [-0.25, -0.2) is 0 Å². The first-order chi connectivity index (χ1) is 7.59. The van der Waals surface area contributed by atoms with Crippen LogP contribution in [0.4, 0.5) is 0 Å². The first-order valence-electron chi connectivity index (χ1n) is 5.50. The highest BCUT2D eigenvalue weighted by Crippen LogP contribution is 2.31. The van der Waals surface area contributed by atoms with E-state index in [0.717, 1.165) is 0 Å². The summed E-state index contributed by atoms with van der Waals surface area (Å²) in [4.78, 5) is 4.05. The molecule has 2 rings (SSSR count). The van der Waals surface area contributed by atoms with Gasteiger partial charge in [0.2, 0.25) is 0 Å². The average Bonchev–Trinajstić information content (AvgIpc) is 2.29. The van der Waals surface area contributed by atoms with E-state index in [9.17, 15) is 0 Å². The summed E-state index contributed by atoms with van der Waals surface area (Å²) in [5, 5.41) is 0. The van der Waals surface area contributed by atoms with E-state index >= 15 is 0 Å². The van der Waals surface area contributed by atoms with Gasteiger partial charge in [0, 0.05) is 12.4 Å². The summed E-state index contributed by atoms with van der Waals surface area (Å²) in [6.07, 6.45) is 3.64. The van der Waals surface area contributed by atoms with Crippen molar-refractivity contribution in [2.24, 2.45) is 0 Å². The topological polar surface area (TPSA) is 12.9 Å². The molecule has 0 spiro atoms. The standard InChI is InChI=1S/C15H16N/c1-15(2,3)14-7-5-4-6-13(14)12-8-10-16-11-9-12/h4-5,7-11H,1-3H3. The lowest BCUT2D eigenvalue weighted by Crippen LogP contribution is -2.12. The van der Waals surface area contributed by atoms with Crippen LogP contribution in [0.15, 0.2) is 42.7 Å². The van der Waals surface area contributed by atoms with Gasteiger partial charge in [-0.15, -0.1) is 0 Å². The molecule has 1 heterocycles. The van der Waals surface area contributed by atoms with Gasteiger partial charge >= 0.3 is 0 Å². The normalized spacial score (nSPS) is 11.4. The highest BCUT2D eigenvalue weighted by Gasteiger charge is 2.17. The molecule has 1 heteroatoms. The van der Waals surface area contributed by atoms with E-state index in [-0.39, 0.29) is 5.41 Å². The molecule has 0 atom stereocenters. The molecule has 1 nitrogen and oxygen atoms in total. The van der Waals surface area contributed by atoms with E-state index in [1.54, 1.807) is 0 Å². The Labute approximate surface area is 97.2 Å². The Kier molecular flexibility index (Phi) is 2.78. The van der Waals surface area contributed by atoms with Crippen molar-refractivity contribution in [2.75, 3.05) is 0 Å². The highest BCUT2D eigenvalue weighted by atomic mass is 14.6. The molecule has 0 fully saturated rings. The van der Waals surface area contributed by atoms with Gasteiger partial charge in [0.05, 0.1) is 0 Å². The van der Waals surface area contributed by atoms with Gasteiger partial charge in [0.25, 0.3) is 0 Å². The third kappa shape index (κ3) is 2.13. The average molecular weight is 210 g/mol. The molecule has 1 aromatic carbocycles. The Morgan fingerprint density at radius 1 is 1.06 bits per heavy atom. The summed E-state index contributed by atoms with van der Waals surface area (Å²) in [7, 11) is 0. The Hall–Kier alpha value is -1.63. The maximum absolute atomic E-state index is 4.05. The molecule has 0 N–H and O–H groups in total. The summed E-state index contributed by atoms with van der Waals surface area (Å²) in [5.74, 6) is 0. The molecule has 81 valence electrons. The molecule has 0 aliphatic carbocycles. The maximum Gasteiger partial charge on any atom is 0.0273 e. The van der Waals surface area contributed by atoms with Gasteiger partial charge in [0.15, 0.2) is 0 Å². The molecule has 16 heavy (non-hydrogen) atoms. The van der Waals surface area contributed by atoms with E-state index in [1.807, 2.05) is 36.7 Å². The third-order valence-corrected chi connectivity index (χ3v) is 2.63. The largest absolute Gasteiger partial charge is 0.265 e. The minimum Gasteiger partial charge on any atom is -0.265 e. The van der Waals surface area contributed by atoms with Gasteiger partial charge in [-0.05, 0) is 40.3 Å². The Bertz CT molecular complexity index is 466. The second-order valence-electron chi connectivity index (χ2n) is 4.94. The number of benzene rings is 1. The molecular weight excluding hydrogens is 194 g/mol. The van der Waals surface area contributed by atoms with Gasteiger partial charge in [-0.2, -0.15) is 0 Å². The second-order valence-corrected chi connectivity index (χ2v) is 4.94. The quantitative estimate of drug-likeness (QED) is 0.696. The van der Waals surface area contributed by atoms with Crippen LogP contribution in [-0.4, -0.2) is 4.98 Å². The van der Waals surface area contributed by atoms with Crippen LogP contribution in [0.5, 0.6) is 0 Å². The van der Waals surface area contributed by atoms with Crippen LogP contribution in [0.25, 0.3) is 11.1 Å². The van der Waals surface area contributed by atoms with Crippen LogP contribution >= 0.6 is 0 Å². The number of nitrogens with zero attached hydrogens (tertiary/aromatic N) is 1. The first-order valence-corrected chi connectivity index (χ1v) is 5.50. The van der Waals surface area contributed by atoms with Crippen molar-refractivity contribution in [3.8, 4) is 11.1 Å². The van der Waals surface area contributed by atoms with Crippen LogP contribution in [0, 0.1) is 6.07 Å². The van der Waals surface area contributed by atoms with Crippen LogP contribution in [-0.2, 0) is 5.41 Å². The fourth-order valence-corrected chi connectivity index (χ4v) is 1.82. The fraction of sp³-hybridized carbons (Fsp3) is 0.267. The molecule has 0 amide bonds. The van der Waals surface area contributed by atoms with Crippen LogP contribution in [0.1, 0.15) is 26.3 Å². The van der Waals surface area contributed by atoms with E-state index < -0.39 is 0 Å². The Morgan fingerprint density at radius 3 is 2.38 bits per heavy atom. The summed E-state index contributed by atoms with van der Waals surface area (Å²) in [6.45, 7) is 6.67. The summed E-state index contributed by atoms with van der Waals surface area (Å²) in [6, 6.07) is 13.6. The van der Waals surface area contributed by atoms with Crippen molar-refractivity contribution in [1.82, 2.24) is 4.98 Å². The van der Waals surface area contributed by atoms with Gasteiger partial charge in [-0.1, -0.05) is 39.0 Å². The van der Waals surface area contributed by atoms with E-state index in [0.29, 0.717) is 0 Å². The van der Waals surface area contributed by atoms with Crippen molar-refractivity contribution in [2.45, 2.75) is 26.2 Å². The second kappa shape index (κ2) is 4.09. The Balaban J connectivity index is 2.58. The van der Waals surface area contributed by atoms with Crippen LogP contribution in [0.3, 0.4) is 0 Å². The zero-order chi connectivity index (χ0) is 11.6. The molecule has 0 saturated carbocycles. The van der Waals surface area contributed by atoms with Crippen molar-refractivity contribution >= 4 is 0 Å². The zero-order valence-electron chi connectivity index (χ0n) is 9.99. The number of hydrogen-bond acceptors (Lipinski definition) is 1. The smallest absolute Gasteiger partial charge is 0.0273 e. The van der Waals surface area contributed by atoms with Gasteiger partial charge in [-0.3, -0.25) is 4.98 Å². The minimum absolute atomic E-state index is 0.135. The molecule has 0 unspecified atom stereocenters. The summed E-state index contributed by atoms with van der Waals surface area (Å²) in [5.41, 5.74) is 3.82. The number of pyridine rings is 1. The number of aromatic nitrogens is 1. The van der Waals surface area contributed by atoms with Crippen LogP contribution in [0.2, 0.25) is 0 Å². The van der Waals surface area contributed by atoms with Crippen molar-refractivity contribution in [1.29, 1.82) is 0 Å². The molecule has 0 saturated heterocycles. The lowest BCUT2D eigenvalue weighted by molar-refractivity contribution is 0.592. The third-order valence-electron chi connectivity index (χ3n) is 2.63. The summed E-state index contributed by atoms with van der Waals surface area (Å²) >= 11 is 0. The van der Waals surface area contributed by atoms with E-state index in [4.69, 9.17) is 0 Å². The fourth-order valence-electron chi connectivity index (χ4n) is 1.82. The molecule has 2 aromatic rings. The van der Waals surface area contributed by atoms with E-state index in [1.165, 1.54) is 16.7 Å². The van der Waals surface area contributed by atoms with Crippen molar-refractivity contribution < 1.29 is 0 Å². The summed E-state index contributed by atoms with van der Waals surface area (Å²) < 4.78 is 0. The monoisotopic (exact) mass is 210 g/mol. The van der Waals surface area contributed by atoms with Crippen molar-refractivity contribution in [3.63, 3.8) is 0 Å². The van der Waals surface area contributed by atoms with Crippen molar-refractivity contribution in [3.05, 3.63) is 54.4 Å². The molecule has 0 bridgehead atoms. The lowest BCUT2D eigenvalue weighted by Gasteiger charge is -2.22. The zero-order valence-corrected chi connectivity index (χ0v) is 9.99. The molecule has 0 aliphatic rings. The van der Waals surface area contributed by atoms with Gasteiger partial charge < -0.3 is 0 Å². The molecule has 0 aliphatic heterocycles. The molecule has 1 aromatic heterocycles. The van der Waals surface area contributed by atoms with Crippen LogP contribution < -0.4 is 0 Å². The highest BCUT2D eigenvalue weighted by molar-refractivity contribution is 5.67. The number of hydrogen-bond donors (Lipinski definition) is 0.